The first-order valence-corrected chi connectivity index (χ1v) is 6.79. The first-order chi connectivity index (χ1) is 8.99. The van der Waals surface area contributed by atoms with Crippen LogP contribution in [0.3, 0.4) is 0 Å². The molecule has 0 amide bonds. The SMILES string of the molecule is CCCOc1nc(NC)nc(N(C)C(C)C(C)C)n1. The Morgan fingerprint density at radius 2 is 1.89 bits per heavy atom. The van der Waals surface area contributed by atoms with Crippen molar-refractivity contribution in [1.82, 2.24) is 15.0 Å². The highest BCUT2D eigenvalue weighted by molar-refractivity contribution is 5.38. The summed E-state index contributed by atoms with van der Waals surface area (Å²) in [5, 5.41) is 2.94. The Morgan fingerprint density at radius 3 is 2.42 bits per heavy atom. The third-order valence-electron chi connectivity index (χ3n) is 3.15. The minimum atomic E-state index is 0.339. The number of hydrogen-bond acceptors (Lipinski definition) is 6. The quantitative estimate of drug-likeness (QED) is 0.817. The van der Waals surface area contributed by atoms with Crippen LogP contribution in [-0.4, -0.2) is 41.7 Å². The summed E-state index contributed by atoms with van der Waals surface area (Å²) in [6.07, 6.45) is 0.925. The standard InChI is InChI=1S/C13H25N5O/c1-7-8-19-13-16-11(14-5)15-12(17-13)18(6)10(4)9(2)3/h9-10H,7-8H2,1-6H3,(H,14,15,16,17). The van der Waals surface area contributed by atoms with Gasteiger partial charge in [-0.05, 0) is 19.3 Å². The fourth-order valence-corrected chi connectivity index (χ4v) is 1.50. The molecule has 6 nitrogen and oxygen atoms in total. The van der Waals surface area contributed by atoms with E-state index < -0.39 is 0 Å². The third-order valence-corrected chi connectivity index (χ3v) is 3.15. The van der Waals surface area contributed by atoms with Crippen molar-refractivity contribution < 1.29 is 4.74 Å². The van der Waals surface area contributed by atoms with E-state index in [0.29, 0.717) is 36.5 Å². The molecule has 0 spiro atoms. The van der Waals surface area contributed by atoms with Gasteiger partial charge in [0.05, 0.1) is 6.61 Å². The Kier molecular flexibility index (Phi) is 5.79. The van der Waals surface area contributed by atoms with Gasteiger partial charge in [0.1, 0.15) is 0 Å². The second-order valence-electron chi connectivity index (χ2n) is 4.94. The van der Waals surface area contributed by atoms with Gasteiger partial charge in [0.2, 0.25) is 11.9 Å². The number of hydrogen-bond donors (Lipinski definition) is 1. The van der Waals surface area contributed by atoms with E-state index in [0.717, 1.165) is 6.42 Å². The summed E-state index contributed by atoms with van der Waals surface area (Å²) < 4.78 is 5.50. The van der Waals surface area contributed by atoms with Gasteiger partial charge < -0.3 is 15.0 Å². The van der Waals surface area contributed by atoms with Crippen LogP contribution in [0.15, 0.2) is 0 Å². The van der Waals surface area contributed by atoms with E-state index in [1.807, 2.05) is 18.9 Å². The Hall–Kier alpha value is -1.59. The first kappa shape index (κ1) is 15.5. The number of nitrogens with one attached hydrogen (secondary N) is 1. The van der Waals surface area contributed by atoms with Crippen LogP contribution in [0.1, 0.15) is 34.1 Å². The lowest BCUT2D eigenvalue weighted by Gasteiger charge is -2.28. The van der Waals surface area contributed by atoms with Gasteiger partial charge in [-0.15, -0.1) is 0 Å². The fraction of sp³-hybridized carbons (Fsp3) is 0.769. The fourth-order valence-electron chi connectivity index (χ4n) is 1.50. The summed E-state index contributed by atoms with van der Waals surface area (Å²) in [5.41, 5.74) is 0. The minimum absolute atomic E-state index is 0.339. The van der Waals surface area contributed by atoms with Gasteiger partial charge in [-0.2, -0.15) is 15.0 Å². The average molecular weight is 267 g/mol. The molecule has 0 bridgehead atoms. The molecule has 1 rings (SSSR count). The van der Waals surface area contributed by atoms with Crippen LogP contribution < -0.4 is 15.0 Å². The maximum absolute atomic E-state index is 5.50. The van der Waals surface area contributed by atoms with Crippen LogP contribution in [-0.2, 0) is 0 Å². The largest absolute Gasteiger partial charge is 0.463 e. The number of rotatable bonds is 7. The Bertz CT molecular complexity index is 397. The maximum Gasteiger partial charge on any atom is 0.323 e. The van der Waals surface area contributed by atoms with Gasteiger partial charge in [-0.25, -0.2) is 0 Å². The van der Waals surface area contributed by atoms with Gasteiger partial charge in [0.25, 0.3) is 0 Å². The number of aromatic nitrogens is 3. The van der Waals surface area contributed by atoms with Gasteiger partial charge in [-0.3, -0.25) is 0 Å². The second kappa shape index (κ2) is 7.11. The molecule has 0 saturated heterocycles. The van der Waals surface area contributed by atoms with Gasteiger partial charge in [0, 0.05) is 20.1 Å². The summed E-state index contributed by atoms with van der Waals surface area (Å²) in [7, 11) is 3.78. The molecule has 1 N–H and O–H groups in total. The van der Waals surface area contributed by atoms with Crippen molar-refractivity contribution in [3.05, 3.63) is 0 Å². The summed E-state index contributed by atoms with van der Waals surface area (Å²) >= 11 is 0. The summed E-state index contributed by atoms with van der Waals surface area (Å²) in [6, 6.07) is 0.713. The summed E-state index contributed by atoms with van der Waals surface area (Å²) in [4.78, 5) is 15.0. The highest BCUT2D eigenvalue weighted by atomic mass is 16.5. The normalized spacial score (nSPS) is 12.4. The second-order valence-corrected chi connectivity index (χ2v) is 4.94. The van der Waals surface area contributed by atoms with Crippen LogP contribution in [0.5, 0.6) is 6.01 Å². The smallest absolute Gasteiger partial charge is 0.323 e. The zero-order valence-corrected chi connectivity index (χ0v) is 12.8. The van der Waals surface area contributed by atoms with Crippen LogP contribution in [0.4, 0.5) is 11.9 Å². The summed E-state index contributed by atoms with van der Waals surface area (Å²) in [6.45, 7) is 9.16. The lowest BCUT2D eigenvalue weighted by Crippen LogP contribution is -2.34. The van der Waals surface area contributed by atoms with Crippen molar-refractivity contribution in [2.24, 2.45) is 5.92 Å². The summed E-state index contributed by atoms with van der Waals surface area (Å²) in [5.74, 6) is 1.67. The molecule has 0 aliphatic carbocycles. The molecule has 1 heterocycles. The van der Waals surface area contributed by atoms with E-state index >= 15 is 0 Å². The number of nitrogens with zero attached hydrogens (tertiary/aromatic N) is 4. The van der Waals surface area contributed by atoms with Crippen LogP contribution in [0, 0.1) is 5.92 Å². The molecule has 1 aromatic rings. The highest BCUT2D eigenvalue weighted by Crippen LogP contribution is 2.18. The van der Waals surface area contributed by atoms with Gasteiger partial charge >= 0.3 is 6.01 Å². The average Bonchev–Trinajstić information content (AvgIpc) is 2.42. The minimum Gasteiger partial charge on any atom is -0.463 e. The van der Waals surface area contributed by atoms with Crippen molar-refractivity contribution in [2.45, 2.75) is 40.2 Å². The molecule has 0 fully saturated rings. The van der Waals surface area contributed by atoms with Crippen molar-refractivity contribution >= 4 is 11.9 Å². The predicted molar refractivity (Wildman–Crippen MR) is 77.9 cm³/mol. The van der Waals surface area contributed by atoms with Crippen LogP contribution in [0.2, 0.25) is 0 Å². The van der Waals surface area contributed by atoms with Crippen molar-refractivity contribution in [3.63, 3.8) is 0 Å². The number of ether oxygens (including phenoxy) is 1. The van der Waals surface area contributed by atoms with Crippen molar-refractivity contribution in [1.29, 1.82) is 0 Å². The van der Waals surface area contributed by atoms with Crippen molar-refractivity contribution in [3.8, 4) is 6.01 Å². The molecule has 6 heteroatoms. The molecule has 108 valence electrons. The molecule has 1 unspecified atom stereocenters. The molecule has 1 aromatic heterocycles. The third kappa shape index (κ3) is 4.22. The lowest BCUT2D eigenvalue weighted by atomic mass is 10.1. The van der Waals surface area contributed by atoms with E-state index in [1.165, 1.54) is 0 Å². The molecular formula is C13H25N5O. The predicted octanol–water partition coefficient (Wildman–Crippen LogP) is 2.18. The molecule has 0 radical (unpaired) electrons. The molecule has 0 saturated carbocycles. The zero-order valence-electron chi connectivity index (χ0n) is 12.8. The number of anilines is 2. The Balaban J connectivity index is 2.98. The zero-order chi connectivity index (χ0) is 14.4. The van der Waals surface area contributed by atoms with Gasteiger partial charge in [0.15, 0.2) is 0 Å². The van der Waals surface area contributed by atoms with E-state index in [1.54, 1.807) is 7.05 Å². The first-order valence-electron chi connectivity index (χ1n) is 6.79. The van der Waals surface area contributed by atoms with E-state index in [9.17, 15) is 0 Å². The van der Waals surface area contributed by atoms with E-state index in [4.69, 9.17) is 4.74 Å². The molecule has 0 aliphatic heterocycles. The Morgan fingerprint density at radius 1 is 1.21 bits per heavy atom. The van der Waals surface area contributed by atoms with Gasteiger partial charge in [-0.1, -0.05) is 20.8 Å². The van der Waals surface area contributed by atoms with Crippen LogP contribution >= 0.6 is 0 Å². The van der Waals surface area contributed by atoms with Crippen molar-refractivity contribution in [2.75, 3.05) is 30.9 Å². The Labute approximate surface area is 115 Å². The van der Waals surface area contributed by atoms with E-state index in [-0.39, 0.29) is 0 Å². The van der Waals surface area contributed by atoms with E-state index in [2.05, 4.69) is 41.0 Å². The maximum atomic E-state index is 5.50. The van der Waals surface area contributed by atoms with Crippen LogP contribution in [0.25, 0.3) is 0 Å². The lowest BCUT2D eigenvalue weighted by molar-refractivity contribution is 0.291. The molecule has 1 atom stereocenters. The molecular weight excluding hydrogens is 242 g/mol. The molecule has 19 heavy (non-hydrogen) atoms. The highest BCUT2D eigenvalue weighted by Gasteiger charge is 2.18. The molecule has 0 aliphatic rings. The molecule has 0 aromatic carbocycles. The topological polar surface area (TPSA) is 63.2 Å². The monoisotopic (exact) mass is 267 g/mol.